The second kappa shape index (κ2) is 17.6. The molecule has 2 saturated heterocycles. The molecule has 0 bridgehead atoms. The second-order valence-corrected chi connectivity index (χ2v) is 15.6. The normalized spacial score (nSPS) is 18.3. The van der Waals surface area contributed by atoms with Crippen LogP contribution in [-0.4, -0.2) is 106 Å². The number of sulfone groups is 1. The number of ether oxygens (including phenoxy) is 2. The molecule has 6 amide bonds. The first-order valence-corrected chi connectivity index (χ1v) is 18.9. The molecule has 2 aliphatic rings. The lowest BCUT2D eigenvalue weighted by Gasteiger charge is -2.30. The van der Waals surface area contributed by atoms with E-state index < -0.39 is 69.8 Å². The van der Waals surface area contributed by atoms with Crippen molar-refractivity contribution in [2.45, 2.75) is 87.3 Å². The predicted molar refractivity (Wildman–Crippen MR) is 193 cm³/mol. The molecule has 0 radical (unpaired) electrons. The molecule has 2 aromatic carbocycles. The van der Waals surface area contributed by atoms with Crippen LogP contribution in [0.25, 0.3) is 0 Å². The van der Waals surface area contributed by atoms with Gasteiger partial charge in [0, 0.05) is 24.5 Å². The zero-order chi connectivity index (χ0) is 39.0. The van der Waals surface area contributed by atoms with Crippen LogP contribution in [0.2, 0.25) is 0 Å². The maximum Gasteiger partial charge on any atom is 0.407 e. The van der Waals surface area contributed by atoms with Gasteiger partial charge in [-0.2, -0.15) is 0 Å². The Morgan fingerprint density at radius 1 is 0.623 bits per heavy atom. The molecule has 288 valence electrons. The number of benzene rings is 2. The Morgan fingerprint density at radius 2 is 0.962 bits per heavy atom. The Labute approximate surface area is 309 Å². The van der Waals surface area contributed by atoms with Gasteiger partial charge in [-0.3, -0.25) is 19.2 Å². The topological polar surface area (TPSA) is 210 Å². The first-order chi connectivity index (χ1) is 25.1. The summed E-state index contributed by atoms with van der Waals surface area (Å²) in [6.45, 7) is 7.79. The van der Waals surface area contributed by atoms with Gasteiger partial charge in [-0.05, 0) is 86.1 Å². The molecule has 2 heterocycles. The van der Waals surface area contributed by atoms with Gasteiger partial charge in [0.25, 0.3) is 0 Å². The van der Waals surface area contributed by atoms with Crippen LogP contribution in [-0.2, 0) is 38.5 Å². The number of carbonyl (C=O) groups excluding carboxylic acids is 6. The molecule has 4 N–H and O–H groups in total. The van der Waals surface area contributed by atoms with Gasteiger partial charge in [0.15, 0.2) is 0 Å². The summed E-state index contributed by atoms with van der Waals surface area (Å²) in [4.78, 5) is 79.6. The summed E-state index contributed by atoms with van der Waals surface area (Å²) in [6, 6.07) is 7.95. The van der Waals surface area contributed by atoms with Crippen LogP contribution in [0.4, 0.5) is 21.0 Å². The fourth-order valence-electron chi connectivity index (χ4n) is 6.38. The highest BCUT2D eigenvalue weighted by Gasteiger charge is 2.40. The molecule has 2 aliphatic heterocycles. The van der Waals surface area contributed by atoms with Gasteiger partial charge in [0.05, 0.1) is 24.0 Å². The van der Waals surface area contributed by atoms with Crippen LogP contribution in [0.15, 0.2) is 58.3 Å². The third-order valence-electron chi connectivity index (χ3n) is 9.32. The number of likely N-dealkylation sites (tertiary alicyclic amines) is 2. The summed E-state index contributed by atoms with van der Waals surface area (Å²) >= 11 is 0. The van der Waals surface area contributed by atoms with E-state index in [0.717, 1.165) is 0 Å². The lowest BCUT2D eigenvalue weighted by molar-refractivity contribution is -0.139. The highest BCUT2D eigenvalue weighted by Crippen LogP contribution is 2.27. The molecule has 0 unspecified atom stereocenters. The van der Waals surface area contributed by atoms with E-state index in [1.165, 1.54) is 72.6 Å². The Morgan fingerprint density at radius 3 is 1.26 bits per heavy atom. The molecule has 53 heavy (non-hydrogen) atoms. The van der Waals surface area contributed by atoms with Crippen LogP contribution in [0.3, 0.4) is 0 Å². The zero-order valence-corrected chi connectivity index (χ0v) is 31.5. The van der Waals surface area contributed by atoms with Crippen LogP contribution in [0.5, 0.6) is 0 Å². The van der Waals surface area contributed by atoms with Crippen molar-refractivity contribution < 1.29 is 46.7 Å². The van der Waals surface area contributed by atoms with Crippen molar-refractivity contribution in [3.8, 4) is 0 Å². The van der Waals surface area contributed by atoms with Crippen molar-refractivity contribution in [2.24, 2.45) is 11.8 Å². The molecule has 0 spiro atoms. The van der Waals surface area contributed by atoms with Crippen molar-refractivity contribution in [3.63, 3.8) is 0 Å². The standard InChI is InChI=1S/C36H48N6O10S/c1-21(2)29(39-35(47)51-5)33(45)41-19-7-9-27(41)31(43)37-23-11-15-25(16-12-23)53(49,50)26-17-13-24(14-18-26)38-32(44)28-10-8-20-42(28)34(46)30(22(3)4)40-36(48)52-6/h11-18,21-22,27-30H,7-10,19-20H2,1-6H3,(H,37,43)(H,38,44)(H,39,47)(H,40,48)/t27-,28-,29+,30+/m0/s1. The van der Waals surface area contributed by atoms with Crippen molar-refractivity contribution in [2.75, 3.05) is 37.9 Å². The number of anilines is 2. The zero-order valence-electron chi connectivity index (χ0n) is 30.7. The highest BCUT2D eigenvalue weighted by atomic mass is 32.2. The van der Waals surface area contributed by atoms with E-state index in [4.69, 9.17) is 0 Å². The largest absolute Gasteiger partial charge is 0.453 e. The smallest absolute Gasteiger partial charge is 0.407 e. The SMILES string of the molecule is COC(=O)N[C@@H](C(=O)N1CCC[C@H]1C(=O)Nc1ccc(S(=O)(=O)c2ccc(NC(=O)[C@@H]3CCCN3C(=O)[C@H](NC(=O)OC)C(C)C)cc2)cc1)C(C)C. The van der Waals surface area contributed by atoms with Crippen LogP contribution >= 0.6 is 0 Å². The Kier molecular flexibility index (Phi) is 13.4. The quantitative estimate of drug-likeness (QED) is 0.249. The maximum absolute atomic E-state index is 13.4. The Balaban J connectivity index is 1.38. The monoisotopic (exact) mass is 756 g/mol. The minimum Gasteiger partial charge on any atom is -0.453 e. The van der Waals surface area contributed by atoms with Gasteiger partial charge in [-0.1, -0.05) is 27.7 Å². The van der Waals surface area contributed by atoms with Gasteiger partial charge in [0.1, 0.15) is 24.2 Å². The number of alkyl carbamates (subject to hydrolysis) is 2. The summed E-state index contributed by atoms with van der Waals surface area (Å²) in [5, 5.41) is 10.6. The van der Waals surface area contributed by atoms with Crippen LogP contribution in [0.1, 0.15) is 53.4 Å². The summed E-state index contributed by atoms with van der Waals surface area (Å²) in [7, 11) is -1.58. The molecule has 0 saturated carbocycles. The van der Waals surface area contributed by atoms with E-state index in [-0.39, 0.29) is 21.6 Å². The third kappa shape index (κ3) is 9.63. The van der Waals surface area contributed by atoms with Gasteiger partial charge in [-0.15, -0.1) is 0 Å². The van der Waals surface area contributed by atoms with Crippen molar-refractivity contribution in [1.29, 1.82) is 0 Å². The number of hydrogen-bond acceptors (Lipinski definition) is 10. The number of nitrogens with one attached hydrogen (secondary N) is 4. The number of carbonyl (C=O) groups is 6. The van der Waals surface area contributed by atoms with Gasteiger partial charge in [0.2, 0.25) is 33.5 Å². The summed E-state index contributed by atoms with van der Waals surface area (Å²) < 4.78 is 36.2. The molecule has 2 fully saturated rings. The number of hydrogen-bond donors (Lipinski definition) is 4. The number of rotatable bonds is 12. The van der Waals surface area contributed by atoms with Crippen LogP contribution < -0.4 is 21.3 Å². The van der Waals surface area contributed by atoms with Crippen molar-refractivity contribution in [3.05, 3.63) is 48.5 Å². The van der Waals surface area contributed by atoms with E-state index in [9.17, 15) is 37.2 Å². The summed E-state index contributed by atoms with van der Waals surface area (Å²) in [6.07, 6.45) is 0.550. The molecule has 2 aromatic rings. The molecule has 0 aliphatic carbocycles. The van der Waals surface area contributed by atoms with E-state index in [1.807, 2.05) is 0 Å². The fraction of sp³-hybridized carbons (Fsp3) is 0.500. The first kappa shape index (κ1) is 40.6. The van der Waals surface area contributed by atoms with Gasteiger partial charge < -0.3 is 40.5 Å². The predicted octanol–water partition coefficient (Wildman–Crippen LogP) is 3.14. The van der Waals surface area contributed by atoms with E-state index in [0.29, 0.717) is 50.1 Å². The fourth-order valence-corrected chi connectivity index (χ4v) is 7.65. The highest BCUT2D eigenvalue weighted by molar-refractivity contribution is 7.91. The average molecular weight is 757 g/mol. The van der Waals surface area contributed by atoms with E-state index in [1.54, 1.807) is 27.7 Å². The van der Waals surface area contributed by atoms with E-state index in [2.05, 4.69) is 30.7 Å². The molecule has 4 atom stereocenters. The third-order valence-corrected chi connectivity index (χ3v) is 11.1. The number of methoxy groups -OCH3 is 2. The molecule has 0 aromatic heterocycles. The first-order valence-electron chi connectivity index (χ1n) is 17.5. The number of amides is 6. The Hall–Kier alpha value is -5.19. The minimum absolute atomic E-state index is 0.0287. The lowest BCUT2D eigenvalue weighted by atomic mass is 10.0. The molecular weight excluding hydrogens is 708 g/mol. The molecule has 16 nitrogen and oxygen atoms in total. The molecule has 4 rings (SSSR count). The summed E-state index contributed by atoms with van der Waals surface area (Å²) in [5.74, 6) is -2.17. The number of nitrogens with zero attached hydrogens (tertiary/aromatic N) is 2. The van der Waals surface area contributed by atoms with Crippen LogP contribution in [0, 0.1) is 11.8 Å². The van der Waals surface area contributed by atoms with Crippen molar-refractivity contribution in [1.82, 2.24) is 20.4 Å². The molecule has 17 heteroatoms. The van der Waals surface area contributed by atoms with E-state index >= 15 is 0 Å². The summed E-state index contributed by atoms with van der Waals surface area (Å²) in [5.41, 5.74) is 0.666. The van der Waals surface area contributed by atoms with Gasteiger partial charge >= 0.3 is 12.2 Å². The minimum atomic E-state index is -3.98. The second-order valence-electron chi connectivity index (χ2n) is 13.6. The van der Waals surface area contributed by atoms with Gasteiger partial charge in [-0.25, -0.2) is 18.0 Å². The lowest BCUT2D eigenvalue weighted by Crippen LogP contribution is -2.54. The average Bonchev–Trinajstić information content (AvgIpc) is 3.83. The molecular formula is C36H48N6O10S. The van der Waals surface area contributed by atoms with Crippen molar-refractivity contribution >= 4 is 57.0 Å². The maximum atomic E-state index is 13.4. The Bertz CT molecular complexity index is 1660.